The van der Waals surface area contributed by atoms with Crippen LogP contribution in [0.3, 0.4) is 0 Å². The Morgan fingerprint density at radius 2 is 2.04 bits per heavy atom. The number of benzene rings is 1. The van der Waals surface area contributed by atoms with Crippen molar-refractivity contribution in [1.82, 2.24) is 14.7 Å². The molecule has 1 aliphatic heterocycles. The first-order chi connectivity index (χ1) is 13.6. The van der Waals surface area contributed by atoms with E-state index in [1.54, 1.807) is 18.0 Å². The highest BCUT2D eigenvalue weighted by atomic mass is 16.5. The van der Waals surface area contributed by atoms with Gasteiger partial charge in [-0.05, 0) is 25.5 Å². The topological polar surface area (TPSA) is 79.7 Å². The van der Waals surface area contributed by atoms with E-state index in [2.05, 4.69) is 10.4 Å². The fraction of sp³-hybridized carbons (Fsp3) is 0.450. The Hall–Kier alpha value is -2.87. The number of aromatic nitrogens is 2. The number of nitrogens with zero attached hydrogens (tertiary/aromatic N) is 4. The van der Waals surface area contributed by atoms with E-state index in [1.807, 2.05) is 42.2 Å². The predicted octanol–water partition coefficient (Wildman–Crippen LogP) is 1.70. The van der Waals surface area contributed by atoms with Gasteiger partial charge >= 0.3 is 0 Å². The van der Waals surface area contributed by atoms with E-state index in [1.165, 1.54) is 4.68 Å². The van der Waals surface area contributed by atoms with Gasteiger partial charge in [0.15, 0.2) is 0 Å². The van der Waals surface area contributed by atoms with Gasteiger partial charge in [-0.2, -0.15) is 9.78 Å². The van der Waals surface area contributed by atoms with Gasteiger partial charge < -0.3 is 19.9 Å². The van der Waals surface area contributed by atoms with Crippen molar-refractivity contribution in [3.05, 3.63) is 46.9 Å². The van der Waals surface area contributed by atoms with Crippen LogP contribution in [0.1, 0.15) is 20.3 Å². The first kappa shape index (κ1) is 19.9. The van der Waals surface area contributed by atoms with E-state index in [0.29, 0.717) is 50.9 Å². The number of carbonyl (C=O) groups excluding carboxylic acids is 1. The predicted molar refractivity (Wildman–Crippen MR) is 109 cm³/mol. The molecule has 8 heteroatoms. The Morgan fingerprint density at radius 3 is 2.71 bits per heavy atom. The van der Waals surface area contributed by atoms with Crippen molar-refractivity contribution in [3.63, 3.8) is 0 Å². The third-order valence-corrected chi connectivity index (χ3v) is 4.70. The first-order valence-electron chi connectivity index (χ1n) is 9.61. The van der Waals surface area contributed by atoms with E-state index in [9.17, 15) is 9.59 Å². The van der Waals surface area contributed by atoms with Crippen molar-refractivity contribution in [2.24, 2.45) is 0 Å². The Bertz CT molecular complexity index is 853. The molecule has 28 heavy (non-hydrogen) atoms. The average Bonchev–Trinajstić information content (AvgIpc) is 3.20. The summed E-state index contributed by atoms with van der Waals surface area (Å²) in [6, 6.07) is 9.34. The summed E-state index contributed by atoms with van der Waals surface area (Å²) in [4.78, 5) is 28.6. The molecule has 150 valence electrons. The molecule has 1 fully saturated rings. The first-order valence-corrected chi connectivity index (χ1v) is 9.61. The Morgan fingerprint density at radius 1 is 1.25 bits per heavy atom. The van der Waals surface area contributed by atoms with Gasteiger partial charge in [0.1, 0.15) is 5.69 Å². The summed E-state index contributed by atoms with van der Waals surface area (Å²) in [6.45, 7) is 7.22. The highest BCUT2D eigenvalue weighted by Crippen LogP contribution is 2.24. The van der Waals surface area contributed by atoms with E-state index in [4.69, 9.17) is 4.74 Å². The highest BCUT2D eigenvalue weighted by Gasteiger charge is 2.25. The molecule has 0 saturated carbocycles. The van der Waals surface area contributed by atoms with Crippen LogP contribution < -0.4 is 15.8 Å². The zero-order chi connectivity index (χ0) is 19.9. The molecule has 0 aliphatic carbocycles. The lowest BCUT2D eigenvalue weighted by atomic mass is 10.3. The molecular formula is C20H27N5O3. The summed E-state index contributed by atoms with van der Waals surface area (Å²) in [5.74, 6) is 0.0271. The molecule has 1 aliphatic rings. The number of hydrogen-bond donors (Lipinski definition) is 1. The number of nitrogens with one attached hydrogen (secondary N) is 1. The second kappa shape index (κ2) is 9.36. The second-order valence-corrected chi connectivity index (χ2v) is 6.62. The van der Waals surface area contributed by atoms with E-state index < -0.39 is 0 Å². The van der Waals surface area contributed by atoms with Gasteiger partial charge in [0.25, 0.3) is 5.56 Å². The lowest BCUT2D eigenvalue weighted by Gasteiger charge is -2.22. The van der Waals surface area contributed by atoms with Crippen LogP contribution in [0.2, 0.25) is 0 Å². The van der Waals surface area contributed by atoms with E-state index in [0.717, 1.165) is 12.1 Å². The molecule has 8 nitrogen and oxygen atoms in total. The zero-order valence-corrected chi connectivity index (χ0v) is 16.4. The van der Waals surface area contributed by atoms with Gasteiger partial charge in [0.2, 0.25) is 5.91 Å². The smallest absolute Gasteiger partial charge is 0.296 e. The van der Waals surface area contributed by atoms with Crippen LogP contribution in [0.4, 0.5) is 11.4 Å². The molecule has 0 bridgehead atoms. The van der Waals surface area contributed by atoms with Gasteiger partial charge in [0, 0.05) is 39.8 Å². The summed E-state index contributed by atoms with van der Waals surface area (Å²) < 4.78 is 6.77. The number of ether oxygens (including phenoxy) is 1. The largest absolute Gasteiger partial charge is 0.382 e. The molecule has 2 heterocycles. The van der Waals surface area contributed by atoms with Crippen molar-refractivity contribution in [2.75, 3.05) is 49.7 Å². The van der Waals surface area contributed by atoms with Gasteiger partial charge in [-0.15, -0.1) is 0 Å². The molecule has 1 amide bonds. The molecule has 0 unspecified atom stereocenters. The standard InChI is InChI=1S/C20H27N5O3/c1-3-28-13-7-10-21-19-18(24-12-11-23(15-24)16(2)26)14-22-25(20(19)27)17-8-5-4-6-9-17/h4-6,8-9,14,21H,3,7,10-13,15H2,1-2H3. The van der Waals surface area contributed by atoms with E-state index in [-0.39, 0.29) is 11.5 Å². The molecule has 0 radical (unpaired) electrons. The quantitative estimate of drug-likeness (QED) is 0.697. The number of amides is 1. The third kappa shape index (κ3) is 4.51. The molecule has 1 aromatic carbocycles. The number of para-hydroxylation sites is 1. The minimum atomic E-state index is -0.207. The maximum Gasteiger partial charge on any atom is 0.296 e. The second-order valence-electron chi connectivity index (χ2n) is 6.62. The van der Waals surface area contributed by atoms with Gasteiger partial charge in [-0.25, -0.2) is 0 Å². The minimum absolute atomic E-state index is 0.0271. The normalized spacial score (nSPS) is 13.8. The maximum atomic E-state index is 13.2. The highest BCUT2D eigenvalue weighted by molar-refractivity contribution is 5.75. The van der Waals surface area contributed by atoms with Gasteiger partial charge in [-0.1, -0.05) is 18.2 Å². The molecule has 2 aromatic rings. The molecule has 1 N–H and O–H groups in total. The molecule has 3 rings (SSSR count). The Kier molecular flexibility index (Phi) is 6.65. The number of hydrogen-bond acceptors (Lipinski definition) is 6. The zero-order valence-electron chi connectivity index (χ0n) is 16.4. The molecule has 1 aromatic heterocycles. The van der Waals surface area contributed by atoms with Crippen LogP contribution in [-0.2, 0) is 9.53 Å². The SMILES string of the molecule is CCOCCCNc1c(N2CCN(C(C)=O)C2)cnn(-c2ccccc2)c1=O. The van der Waals surface area contributed by atoms with Crippen LogP contribution in [0.25, 0.3) is 5.69 Å². The Labute approximate surface area is 164 Å². The lowest BCUT2D eigenvalue weighted by molar-refractivity contribution is -0.127. The van der Waals surface area contributed by atoms with Crippen molar-refractivity contribution in [1.29, 1.82) is 0 Å². The van der Waals surface area contributed by atoms with Crippen molar-refractivity contribution >= 4 is 17.3 Å². The fourth-order valence-electron chi connectivity index (χ4n) is 3.18. The van der Waals surface area contributed by atoms with Crippen molar-refractivity contribution in [2.45, 2.75) is 20.3 Å². The summed E-state index contributed by atoms with van der Waals surface area (Å²) >= 11 is 0. The lowest BCUT2D eigenvalue weighted by Crippen LogP contribution is -2.32. The molecular weight excluding hydrogens is 358 g/mol. The summed E-state index contributed by atoms with van der Waals surface area (Å²) in [5.41, 5.74) is 1.72. The number of rotatable bonds is 8. The van der Waals surface area contributed by atoms with Crippen LogP contribution in [-0.4, -0.2) is 60.1 Å². The van der Waals surface area contributed by atoms with Crippen LogP contribution in [0.5, 0.6) is 0 Å². The van der Waals surface area contributed by atoms with Gasteiger partial charge in [-0.3, -0.25) is 9.59 Å². The fourth-order valence-corrected chi connectivity index (χ4v) is 3.18. The summed E-state index contributed by atoms with van der Waals surface area (Å²) in [7, 11) is 0. The van der Waals surface area contributed by atoms with Crippen LogP contribution in [0, 0.1) is 0 Å². The van der Waals surface area contributed by atoms with E-state index >= 15 is 0 Å². The summed E-state index contributed by atoms with van der Waals surface area (Å²) in [6.07, 6.45) is 2.49. The van der Waals surface area contributed by atoms with Crippen molar-refractivity contribution < 1.29 is 9.53 Å². The third-order valence-electron chi connectivity index (χ3n) is 4.70. The monoisotopic (exact) mass is 385 g/mol. The minimum Gasteiger partial charge on any atom is -0.382 e. The van der Waals surface area contributed by atoms with Crippen LogP contribution in [0.15, 0.2) is 41.3 Å². The Balaban J connectivity index is 1.89. The maximum absolute atomic E-state index is 13.2. The molecule has 0 spiro atoms. The van der Waals surface area contributed by atoms with Crippen LogP contribution >= 0.6 is 0 Å². The summed E-state index contributed by atoms with van der Waals surface area (Å²) in [5, 5.41) is 7.65. The molecule has 0 atom stereocenters. The average molecular weight is 385 g/mol. The van der Waals surface area contributed by atoms with Gasteiger partial charge in [0.05, 0.1) is 24.2 Å². The number of anilines is 2. The number of carbonyl (C=O) groups is 1. The molecule has 1 saturated heterocycles. The van der Waals surface area contributed by atoms with Crippen molar-refractivity contribution in [3.8, 4) is 5.69 Å².